The molecule has 0 unspecified atom stereocenters. The zero-order chi connectivity index (χ0) is 23.3. The van der Waals surface area contributed by atoms with Crippen LogP contribution in [0.15, 0.2) is 39.3 Å². The van der Waals surface area contributed by atoms with Gasteiger partial charge in [0.05, 0.1) is 29.5 Å². The van der Waals surface area contributed by atoms with Crippen molar-refractivity contribution in [3.63, 3.8) is 0 Å². The van der Waals surface area contributed by atoms with Crippen LogP contribution in [0.3, 0.4) is 0 Å². The molecule has 0 spiro atoms. The second kappa shape index (κ2) is 10.8. The number of nitrogens with zero attached hydrogens (tertiary/aromatic N) is 2. The minimum absolute atomic E-state index is 0.0246. The summed E-state index contributed by atoms with van der Waals surface area (Å²) in [4.78, 5) is 39.8. The van der Waals surface area contributed by atoms with Crippen molar-refractivity contribution in [2.75, 3.05) is 12.9 Å². The van der Waals surface area contributed by atoms with Gasteiger partial charge in [0, 0.05) is 22.5 Å². The fraction of sp³-hybridized carbons (Fsp3) is 0.455. The molecule has 0 saturated heterocycles. The van der Waals surface area contributed by atoms with E-state index in [9.17, 15) is 19.6 Å². The predicted octanol–water partition coefficient (Wildman–Crippen LogP) is 3.57. The molecule has 0 fully saturated rings. The minimum atomic E-state index is -1.20. The van der Waals surface area contributed by atoms with Gasteiger partial charge in [-0.25, -0.2) is 0 Å². The Bertz CT molecular complexity index is 931. The average molecular weight is 508 g/mol. The molecule has 2 atom stereocenters. The first-order valence-electron chi connectivity index (χ1n) is 9.84. The van der Waals surface area contributed by atoms with Gasteiger partial charge >= 0.3 is 5.97 Å². The van der Waals surface area contributed by atoms with Crippen molar-refractivity contribution < 1.29 is 19.1 Å². The van der Waals surface area contributed by atoms with E-state index in [4.69, 9.17) is 4.74 Å². The van der Waals surface area contributed by atoms with Gasteiger partial charge < -0.3 is 15.0 Å². The number of nitrogens with one attached hydrogen (secondary N) is 1. The van der Waals surface area contributed by atoms with E-state index in [1.165, 1.54) is 7.11 Å². The zero-order valence-electron chi connectivity index (χ0n) is 18.1. The summed E-state index contributed by atoms with van der Waals surface area (Å²) >= 11 is 4.50. The minimum Gasteiger partial charge on any atom is -0.468 e. The van der Waals surface area contributed by atoms with E-state index in [0.717, 1.165) is 16.2 Å². The Kier molecular flexibility index (Phi) is 8.71. The number of amides is 2. The maximum Gasteiger partial charge on any atom is 0.319 e. The zero-order valence-corrected chi connectivity index (χ0v) is 20.5. The van der Waals surface area contributed by atoms with Gasteiger partial charge in [0.2, 0.25) is 11.8 Å². The number of methoxy groups -OCH3 is 1. The fourth-order valence-electron chi connectivity index (χ4n) is 3.76. The molecule has 166 valence electrons. The van der Waals surface area contributed by atoms with Gasteiger partial charge in [0.15, 0.2) is 0 Å². The molecule has 1 heterocycles. The Hall–Kier alpha value is -2.31. The van der Waals surface area contributed by atoms with Crippen LogP contribution in [-0.2, 0) is 19.1 Å². The Morgan fingerprint density at radius 3 is 2.45 bits per heavy atom. The Balaban J connectivity index is 2.46. The average Bonchev–Trinajstić information content (AvgIpc) is 2.70. The highest BCUT2D eigenvalue weighted by atomic mass is 79.9. The number of carbonyl (C=O) groups excluding carboxylic acids is 3. The quantitative estimate of drug-likeness (QED) is 0.447. The number of allylic oxidation sites excluding steroid dienone is 1. The molecule has 0 aliphatic carbocycles. The number of thioether (sulfide) groups is 1. The maximum absolute atomic E-state index is 12.9. The van der Waals surface area contributed by atoms with E-state index in [2.05, 4.69) is 27.3 Å². The topological polar surface area (TPSA) is 99.5 Å². The van der Waals surface area contributed by atoms with E-state index in [0.29, 0.717) is 10.6 Å². The maximum atomic E-state index is 12.9. The first-order valence-corrected chi connectivity index (χ1v) is 11.6. The summed E-state index contributed by atoms with van der Waals surface area (Å²) in [6.45, 7) is 7.76. The smallest absolute Gasteiger partial charge is 0.319 e. The highest BCUT2D eigenvalue weighted by Gasteiger charge is 2.44. The number of ether oxygens (including phenoxy) is 1. The van der Waals surface area contributed by atoms with Crippen LogP contribution in [0, 0.1) is 17.2 Å². The van der Waals surface area contributed by atoms with Gasteiger partial charge in [-0.05, 0) is 45.4 Å². The molecule has 2 rings (SSSR count). The number of hydrogen-bond donors (Lipinski definition) is 1. The number of carbonyl (C=O) groups is 3. The number of benzene rings is 1. The summed E-state index contributed by atoms with van der Waals surface area (Å²) in [5.74, 6) is -3.32. The first-order chi connectivity index (χ1) is 14.6. The highest BCUT2D eigenvalue weighted by Crippen LogP contribution is 2.40. The largest absolute Gasteiger partial charge is 0.468 e. The molecule has 0 aromatic heterocycles. The summed E-state index contributed by atoms with van der Waals surface area (Å²) in [6.07, 6.45) is 0. The predicted molar refractivity (Wildman–Crippen MR) is 123 cm³/mol. The van der Waals surface area contributed by atoms with Crippen molar-refractivity contribution in [2.24, 2.45) is 5.92 Å². The van der Waals surface area contributed by atoms with Crippen LogP contribution in [0.5, 0.6) is 0 Å². The summed E-state index contributed by atoms with van der Waals surface area (Å²) in [5, 5.41) is 12.9. The second-order valence-electron chi connectivity index (χ2n) is 7.65. The molecule has 1 aliphatic rings. The molecule has 9 heteroatoms. The lowest BCUT2D eigenvalue weighted by Crippen LogP contribution is -2.45. The van der Waals surface area contributed by atoms with Crippen molar-refractivity contribution in [2.45, 2.75) is 45.7 Å². The number of rotatable bonds is 7. The van der Waals surface area contributed by atoms with Crippen molar-refractivity contribution in [1.29, 1.82) is 5.26 Å². The standard InChI is InChI=1S/C22H26BrN3O4S/c1-12(2)26(13(3)4)17(27)11-31-21-16(10-24)18(14-7-6-8-15(23)9-14)19(20(28)25-21)22(29)30-5/h6-9,12-13,18-19H,11H2,1-5H3,(H,25,28)/t18-,19-/m0/s1. The molecular weight excluding hydrogens is 482 g/mol. The molecule has 1 aromatic rings. The van der Waals surface area contributed by atoms with Gasteiger partial charge in [-0.15, -0.1) is 0 Å². The molecule has 2 amide bonds. The van der Waals surface area contributed by atoms with Crippen LogP contribution in [0.4, 0.5) is 0 Å². The normalized spacial score (nSPS) is 18.6. The molecule has 1 aliphatic heterocycles. The first kappa shape index (κ1) is 25.0. The van der Waals surface area contributed by atoms with Crippen molar-refractivity contribution in [3.05, 3.63) is 44.9 Å². The lowest BCUT2D eigenvalue weighted by atomic mass is 9.78. The molecule has 1 aromatic carbocycles. The van der Waals surface area contributed by atoms with Gasteiger partial charge in [0.25, 0.3) is 0 Å². The van der Waals surface area contributed by atoms with Crippen molar-refractivity contribution >= 4 is 45.5 Å². The van der Waals surface area contributed by atoms with Crippen LogP contribution in [0.1, 0.15) is 39.2 Å². The van der Waals surface area contributed by atoms with Crippen LogP contribution >= 0.6 is 27.7 Å². The SMILES string of the molecule is COC(=O)[C@@H]1C(=O)NC(SCC(=O)N(C(C)C)C(C)C)=C(C#N)[C@@H]1c1cccc(Br)c1. The number of esters is 1. The third kappa shape index (κ3) is 5.69. The lowest BCUT2D eigenvalue weighted by Gasteiger charge is -2.32. The fourth-order valence-corrected chi connectivity index (χ4v) is 5.10. The van der Waals surface area contributed by atoms with Crippen LogP contribution in [0.25, 0.3) is 0 Å². The molecular formula is C22H26BrN3O4S. The van der Waals surface area contributed by atoms with E-state index < -0.39 is 23.7 Å². The van der Waals surface area contributed by atoms with Crippen molar-refractivity contribution in [1.82, 2.24) is 10.2 Å². The Labute approximate surface area is 195 Å². The van der Waals surface area contributed by atoms with E-state index in [1.807, 2.05) is 33.8 Å². The number of nitriles is 1. The van der Waals surface area contributed by atoms with Crippen molar-refractivity contribution in [3.8, 4) is 6.07 Å². The molecule has 0 bridgehead atoms. The molecule has 31 heavy (non-hydrogen) atoms. The summed E-state index contributed by atoms with van der Waals surface area (Å²) in [7, 11) is 1.21. The van der Waals surface area contributed by atoms with Crippen LogP contribution < -0.4 is 5.32 Å². The lowest BCUT2D eigenvalue weighted by molar-refractivity contribution is -0.150. The molecule has 1 N–H and O–H groups in total. The van der Waals surface area contributed by atoms with E-state index >= 15 is 0 Å². The van der Waals surface area contributed by atoms with Crippen LogP contribution in [-0.4, -0.2) is 47.6 Å². The monoisotopic (exact) mass is 507 g/mol. The second-order valence-corrected chi connectivity index (χ2v) is 9.56. The highest BCUT2D eigenvalue weighted by molar-refractivity contribution is 9.10. The molecule has 0 saturated carbocycles. The van der Waals surface area contributed by atoms with Gasteiger partial charge in [-0.2, -0.15) is 5.26 Å². The molecule has 7 nitrogen and oxygen atoms in total. The van der Waals surface area contributed by atoms with Gasteiger partial charge in [-0.3, -0.25) is 14.4 Å². The summed E-state index contributed by atoms with van der Waals surface area (Å²) in [6, 6.07) is 9.31. The number of hydrogen-bond acceptors (Lipinski definition) is 6. The third-order valence-electron chi connectivity index (χ3n) is 4.93. The number of halogens is 1. The van der Waals surface area contributed by atoms with Gasteiger partial charge in [0.1, 0.15) is 5.92 Å². The Morgan fingerprint density at radius 1 is 1.29 bits per heavy atom. The summed E-state index contributed by atoms with van der Waals surface area (Å²) < 4.78 is 5.60. The van der Waals surface area contributed by atoms with Gasteiger partial charge in [-0.1, -0.05) is 39.8 Å². The molecule has 0 radical (unpaired) electrons. The Morgan fingerprint density at radius 2 is 1.94 bits per heavy atom. The third-order valence-corrected chi connectivity index (χ3v) is 6.43. The van der Waals surface area contributed by atoms with Crippen LogP contribution in [0.2, 0.25) is 0 Å². The van der Waals surface area contributed by atoms with E-state index in [-0.39, 0.29) is 29.3 Å². The summed E-state index contributed by atoms with van der Waals surface area (Å²) in [5.41, 5.74) is 0.859. The van der Waals surface area contributed by atoms with E-state index in [1.54, 1.807) is 23.1 Å².